The number of carbonyl (C=O) groups is 1. The quantitative estimate of drug-likeness (QED) is 0.559. The summed E-state index contributed by atoms with van der Waals surface area (Å²) in [4.78, 5) is 13.1. The van der Waals surface area contributed by atoms with Gasteiger partial charge in [0, 0.05) is 18.5 Å². The molecule has 4 aliphatic rings. The van der Waals surface area contributed by atoms with E-state index in [0.717, 1.165) is 44.1 Å². The van der Waals surface area contributed by atoms with Crippen molar-refractivity contribution in [2.45, 2.75) is 90.4 Å². The van der Waals surface area contributed by atoms with Crippen molar-refractivity contribution >= 4 is 5.78 Å². The highest BCUT2D eigenvalue weighted by molar-refractivity contribution is 5.94. The molecule has 0 radical (unpaired) electrons. The van der Waals surface area contributed by atoms with Crippen LogP contribution in [0.15, 0.2) is 42.0 Å². The van der Waals surface area contributed by atoms with Crippen molar-refractivity contribution in [1.82, 2.24) is 5.32 Å². The van der Waals surface area contributed by atoms with Crippen LogP contribution in [0.5, 0.6) is 0 Å². The molecule has 3 fully saturated rings. The van der Waals surface area contributed by atoms with Crippen LogP contribution in [0.1, 0.15) is 84.3 Å². The summed E-state index contributed by atoms with van der Waals surface area (Å²) < 4.78 is 0. The maximum atomic E-state index is 13.1. The van der Waals surface area contributed by atoms with Crippen LogP contribution in [0.3, 0.4) is 0 Å². The van der Waals surface area contributed by atoms with Crippen molar-refractivity contribution in [3.05, 3.63) is 47.5 Å². The van der Waals surface area contributed by atoms with Crippen molar-refractivity contribution in [1.29, 1.82) is 0 Å². The molecule has 9 unspecified atom stereocenters. The smallest absolute Gasteiger partial charge is 0.160 e. The van der Waals surface area contributed by atoms with E-state index in [1.54, 1.807) is 0 Å². The molecule has 0 amide bonds. The molecule has 4 heteroatoms. The minimum atomic E-state index is -0.591. The average molecular weight is 466 g/mol. The summed E-state index contributed by atoms with van der Waals surface area (Å²) in [7, 11) is 0. The predicted octanol–water partition coefficient (Wildman–Crippen LogP) is 5.21. The summed E-state index contributed by atoms with van der Waals surface area (Å²) >= 11 is 0. The van der Waals surface area contributed by atoms with Crippen LogP contribution in [0.25, 0.3) is 0 Å². The lowest BCUT2D eigenvalue weighted by Gasteiger charge is -2.59. The van der Waals surface area contributed by atoms with Gasteiger partial charge in [-0.1, -0.05) is 49.8 Å². The summed E-state index contributed by atoms with van der Waals surface area (Å²) in [6.07, 6.45) is 8.79. The second kappa shape index (κ2) is 8.57. The van der Waals surface area contributed by atoms with Crippen molar-refractivity contribution in [3.63, 3.8) is 0 Å². The first-order valence-corrected chi connectivity index (χ1v) is 13.5. The fourth-order valence-corrected chi connectivity index (χ4v) is 8.54. The van der Waals surface area contributed by atoms with Crippen molar-refractivity contribution in [2.75, 3.05) is 6.54 Å². The molecule has 1 aromatic carbocycles. The molecular formula is C30H43NO3. The Labute approximate surface area is 205 Å². The number of allylic oxidation sites excluding steroid dienone is 1. The standard InChI is InChI=1S/C30H43NO3/c1-19(27(33)20-8-6-5-7-9-20)31-18-21-17-28(2)22(16-26(21)32)10-11-23-24(28)12-14-29(3)25(23)13-15-30(29,4)34/h5-9,16,19,21,23-25,27,31,33-34H,10-15,17-18H2,1-4H3. The first-order chi connectivity index (χ1) is 16.1. The van der Waals surface area contributed by atoms with Gasteiger partial charge in [-0.2, -0.15) is 0 Å². The number of hydrogen-bond acceptors (Lipinski definition) is 4. The van der Waals surface area contributed by atoms with E-state index < -0.39 is 11.7 Å². The van der Waals surface area contributed by atoms with Gasteiger partial charge in [0.1, 0.15) is 0 Å². The number of hydrogen-bond donors (Lipinski definition) is 3. The molecule has 0 saturated heterocycles. The largest absolute Gasteiger partial charge is 0.390 e. The van der Waals surface area contributed by atoms with Gasteiger partial charge in [0.2, 0.25) is 0 Å². The number of aliphatic hydroxyl groups is 2. The van der Waals surface area contributed by atoms with Crippen molar-refractivity contribution < 1.29 is 15.0 Å². The molecule has 4 nitrogen and oxygen atoms in total. The minimum Gasteiger partial charge on any atom is -0.390 e. The zero-order valence-corrected chi connectivity index (χ0v) is 21.4. The number of carbonyl (C=O) groups excluding carboxylic acids is 1. The van der Waals surface area contributed by atoms with Gasteiger partial charge in [-0.3, -0.25) is 4.79 Å². The molecule has 0 aliphatic heterocycles. The molecule has 3 N–H and O–H groups in total. The van der Waals surface area contributed by atoms with Gasteiger partial charge in [0.15, 0.2) is 5.78 Å². The van der Waals surface area contributed by atoms with Crippen LogP contribution >= 0.6 is 0 Å². The van der Waals surface area contributed by atoms with E-state index in [-0.39, 0.29) is 28.6 Å². The van der Waals surface area contributed by atoms with Crippen LogP contribution in [0, 0.1) is 34.5 Å². The lowest BCUT2D eigenvalue weighted by atomic mass is 9.46. The van der Waals surface area contributed by atoms with Crippen LogP contribution in [0.4, 0.5) is 0 Å². The van der Waals surface area contributed by atoms with Crippen LogP contribution in [-0.4, -0.2) is 34.2 Å². The molecule has 3 saturated carbocycles. The number of fused-ring (bicyclic) bond motifs is 5. The summed E-state index contributed by atoms with van der Waals surface area (Å²) in [5, 5.41) is 25.4. The van der Waals surface area contributed by atoms with E-state index in [0.29, 0.717) is 24.3 Å². The second-order valence-corrected chi connectivity index (χ2v) is 12.6. The lowest BCUT2D eigenvalue weighted by molar-refractivity contribution is -0.128. The lowest BCUT2D eigenvalue weighted by Crippen LogP contribution is -2.55. The SMILES string of the molecule is CC(NCC1CC2(C)C(=CC1=O)CCC1C2CCC2(C)C1CCC2(C)O)C(O)c1ccccc1. The third-order valence-corrected chi connectivity index (χ3v) is 11.0. The molecule has 186 valence electrons. The topological polar surface area (TPSA) is 69.6 Å². The van der Waals surface area contributed by atoms with E-state index in [9.17, 15) is 15.0 Å². The van der Waals surface area contributed by atoms with E-state index in [2.05, 4.69) is 26.1 Å². The van der Waals surface area contributed by atoms with Crippen LogP contribution in [-0.2, 0) is 4.79 Å². The van der Waals surface area contributed by atoms with E-state index in [1.165, 1.54) is 12.0 Å². The van der Waals surface area contributed by atoms with E-state index in [4.69, 9.17) is 0 Å². The summed E-state index contributed by atoms with van der Waals surface area (Å²) in [5.74, 6) is 2.05. The minimum absolute atomic E-state index is 0.0280. The first-order valence-electron chi connectivity index (χ1n) is 13.5. The van der Waals surface area contributed by atoms with Crippen molar-refractivity contribution in [2.24, 2.45) is 34.5 Å². The average Bonchev–Trinajstić information content (AvgIpc) is 3.07. The Morgan fingerprint density at radius 2 is 1.76 bits per heavy atom. The van der Waals surface area contributed by atoms with Crippen molar-refractivity contribution in [3.8, 4) is 0 Å². The summed E-state index contributed by atoms with van der Waals surface area (Å²) in [6, 6.07) is 9.62. The van der Waals surface area contributed by atoms with Gasteiger partial charge >= 0.3 is 0 Å². The maximum absolute atomic E-state index is 13.1. The number of benzene rings is 1. The monoisotopic (exact) mass is 465 g/mol. The van der Waals surface area contributed by atoms with Gasteiger partial charge in [-0.25, -0.2) is 0 Å². The van der Waals surface area contributed by atoms with Gasteiger partial charge in [-0.05, 0) is 99.0 Å². The third-order valence-electron chi connectivity index (χ3n) is 11.0. The normalized spacial score (nSPS) is 43.4. The van der Waals surface area contributed by atoms with Crippen LogP contribution in [0.2, 0.25) is 0 Å². The molecule has 4 aliphatic carbocycles. The number of ketones is 1. The Morgan fingerprint density at radius 1 is 1.06 bits per heavy atom. The zero-order valence-electron chi connectivity index (χ0n) is 21.4. The van der Waals surface area contributed by atoms with E-state index >= 15 is 0 Å². The molecule has 0 bridgehead atoms. The zero-order chi connectivity index (χ0) is 24.3. The Hall–Kier alpha value is -1.49. The Balaban J connectivity index is 1.30. The Kier molecular flexibility index (Phi) is 6.10. The fourth-order valence-electron chi connectivity index (χ4n) is 8.54. The highest BCUT2D eigenvalue weighted by Gasteiger charge is 2.62. The molecule has 5 rings (SSSR count). The maximum Gasteiger partial charge on any atom is 0.160 e. The summed E-state index contributed by atoms with van der Waals surface area (Å²) in [5.41, 5.74) is 1.82. The van der Waals surface area contributed by atoms with Gasteiger partial charge in [0.05, 0.1) is 11.7 Å². The molecule has 9 atom stereocenters. The molecule has 0 heterocycles. The third kappa shape index (κ3) is 3.72. The van der Waals surface area contributed by atoms with Crippen LogP contribution < -0.4 is 5.32 Å². The Bertz CT molecular complexity index is 955. The number of aliphatic hydroxyl groups excluding tert-OH is 1. The molecule has 34 heavy (non-hydrogen) atoms. The molecular weight excluding hydrogens is 422 g/mol. The number of nitrogens with one attached hydrogen (secondary N) is 1. The fraction of sp³-hybridized carbons (Fsp3) is 0.700. The highest BCUT2D eigenvalue weighted by Crippen LogP contribution is 2.67. The highest BCUT2D eigenvalue weighted by atomic mass is 16.3. The second-order valence-electron chi connectivity index (χ2n) is 12.6. The number of rotatable bonds is 5. The molecule has 1 aromatic rings. The van der Waals surface area contributed by atoms with Gasteiger partial charge < -0.3 is 15.5 Å². The first kappa shape index (κ1) is 24.2. The summed E-state index contributed by atoms with van der Waals surface area (Å²) in [6.45, 7) is 9.43. The molecule has 0 spiro atoms. The van der Waals surface area contributed by atoms with E-state index in [1.807, 2.05) is 43.3 Å². The van der Waals surface area contributed by atoms with Gasteiger partial charge in [0.25, 0.3) is 0 Å². The predicted molar refractivity (Wildman–Crippen MR) is 135 cm³/mol. The molecule has 0 aromatic heterocycles. The Morgan fingerprint density at radius 3 is 2.50 bits per heavy atom. The van der Waals surface area contributed by atoms with Gasteiger partial charge in [-0.15, -0.1) is 0 Å².